The van der Waals surface area contributed by atoms with Crippen LogP contribution in [0.5, 0.6) is 0 Å². The van der Waals surface area contributed by atoms with E-state index in [1.54, 1.807) is 38.3 Å². The van der Waals surface area contributed by atoms with E-state index in [9.17, 15) is 4.79 Å². The Kier molecular flexibility index (Phi) is 6.76. The van der Waals surface area contributed by atoms with E-state index in [-0.39, 0.29) is 5.91 Å². The zero-order valence-corrected chi connectivity index (χ0v) is 11.5. The summed E-state index contributed by atoms with van der Waals surface area (Å²) >= 11 is 0. The number of rotatable bonds is 8. The molecule has 0 aliphatic rings. The van der Waals surface area contributed by atoms with Gasteiger partial charge in [0.2, 0.25) is 0 Å². The van der Waals surface area contributed by atoms with Crippen molar-refractivity contribution in [2.24, 2.45) is 0 Å². The SMILES string of the molecule is CNc1ccc(C(=O)N(CCOC)CCOC)nn1. The Hall–Kier alpha value is -1.73. The van der Waals surface area contributed by atoms with Crippen LogP contribution in [0.4, 0.5) is 5.82 Å². The van der Waals surface area contributed by atoms with Gasteiger partial charge < -0.3 is 19.7 Å². The molecule has 0 spiro atoms. The number of hydrogen-bond donors (Lipinski definition) is 1. The van der Waals surface area contributed by atoms with Crippen LogP contribution in [0.1, 0.15) is 10.5 Å². The highest BCUT2D eigenvalue weighted by Gasteiger charge is 2.17. The lowest BCUT2D eigenvalue weighted by molar-refractivity contribution is 0.0621. The molecule has 1 heterocycles. The largest absolute Gasteiger partial charge is 0.383 e. The van der Waals surface area contributed by atoms with Crippen LogP contribution in [-0.4, -0.2) is 68.6 Å². The maximum Gasteiger partial charge on any atom is 0.274 e. The van der Waals surface area contributed by atoms with Crippen LogP contribution < -0.4 is 5.32 Å². The van der Waals surface area contributed by atoms with Crippen LogP contribution >= 0.6 is 0 Å². The van der Waals surface area contributed by atoms with Gasteiger partial charge in [-0.15, -0.1) is 10.2 Å². The Labute approximate surface area is 112 Å². The number of hydrogen-bond acceptors (Lipinski definition) is 6. The Bertz CT molecular complexity index is 375. The average molecular weight is 268 g/mol. The van der Waals surface area contributed by atoms with Gasteiger partial charge in [0.05, 0.1) is 13.2 Å². The van der Waals surface area contributed by atoms with E-state index < -0.39 is 0 Å². The quantitative estimate of drug-likeness (QED) is 0.728. The molecule has 0 saturated carbocycles. The van der Waals surface area contributed by atoms with Gasteiger partial charge in [-0.05, 0) is 12.1 Å². The van der Waals surface area contributed by atoms with Crippen LogP contribution in [0.2, 0.25) is 0 Å². The first-order valence-electron chi connectivity index (χ1n) is 6.01. The summed E-state index contributed by atoms with van der Waals surface area (Å²) in [6.07, 6.45) is 0. The fourth-order valence-corrected chi connectivity index (χ4v) is 1.46. The lowest BCUT2D eigenvalue weighted by Gasteiger charge is -2.21. The Morgan fingerprint density at radius 3 is 2.26 bits per heavy atom. The van der Waals surface area contributed by atoms with Crippen molar-refractivity contribution in [3.63, 3.8) is 0 Å². The smallest absolute Gasteiger partial charge is 0.274 e. The maximum absolute atomic E-state index is 12.2. The highest BCUT2D eigenvalue weighted by Crippen LogP contribution is 2.04. The summed E-state index contributed by atoms with van der Waals surface area (Å²) in [5.74, 6) is 0.445. The van der Waals surface area contributed by atoms with E-state index >= 15 is 0 Å². The summed E-state index contributed by atoms with van der Waals surface area (Å²) in [7, 11) is 4.94. The van der Waals surface area contributed by atoms with Gasteiger partial charge in [-0.3, -0.25) is 4.79 Å². The standard InChI is InChI=1S/C12H20N4O3/c1-13-11-5-4-10(14-15-11)12(17)16(6-8-18-2)7-9-19-3/h4-5H,6-9H2,1-3H3,(H,13,15). The predicted molar refractivity (Wildman–Crippen MR) is 71.2 cm³/mol. The Balaban J connectivity index is 2.72. The van der Waals surface area contributed by atoms with Gasteiger partial charge in [-0.25, -0.2) is 0 Å². The van der Waals surface area contributed by atoms with E-state index in [2.05, 4.69) is 15.5 Å². The van der Waals surface area contributed by atoms with Gasteiger partial charge in [0, 0.05) is 34.4 Å². The minimum absolute atomic E-state index is 0.177. The zero-order chi connectivity index (χ0) is 14.1. The maximum atomic E-state index is 12.2. The molecule has 1 N–H and O–H groups in total. The lowest BCUT2D eigenvalue weighted by Crippen LogP contribution is -2.37. The summed E-state index contributed by atoms with van der Waals surface area (Å²) in [6, 6.07) is 3.36. The fourth-order valence-electron chi connectivity index (χ4n) is 1.46. The van der Waals surface area contributed by atoms with Gasteiger partial charge in [0.15, 0.2) is 5.69 Å². The summed E-state index contributed by atoms with van der Waals surface area (Å²) in [6.45, 7) is 1.93. The molecule has 7 heteroatoms. The Morgan fingerprint density at radius 1 is 1.21 bits per heavy atom. The number of carbonyl (C=O) groups is 1. The molecule has 0 atom stereocenters. The van der Waals surface area contributed by atoms with Crippen LogP contribution in [-0.2, 0) is 9.47 Å². The number of anilines is 1. The van der Waals surface area contributed by atoms with Crippen LogP contribution in [0.25, 0.3) is 0 Å². The number of aromatic nitrogens is 2. The van der Waals surface area contributed by atoms with Crippen LogP contribution in [0.3, 0.4) is 0 Å². The van der Waals surface area contributed by atoms with Crippen molar-refractivity contribution in [3.8, 4) is 0 Å². The number of nitrogens with zero attached hydrogens (tertiary/aromatic N) is 3. The highest BCUT2D eigenvalue weighted by atomic mass is 16.5. The molecule has 0 saturated heterocycles. The Morgan fingerprint density at radius 2 is 1.84 bits per heavy atom. The summed E-state index contributed by atoms with van der Waals surface area (Å²) in [5, 5.41) is 10.6. The van der Waals surface area contributed by atoms with Crippen LogP contribution in [0, 0.1) is 0 Å². The summed E-state index contributed by atoms with van der Waals surface area (Å²) < 4.78 is 9.99. The highest BCUT2D eigenvalue weighted by molar-refractivity contribution is 5.92. The molecule has 1 amide bonds. The van der Waals surface area contributed by atoms with Gasteiger partial charge in [-0.1, -0.05) is 0 Å². The van der Waals surface area contributed by atoms with E-state index in [4.69, 9.17) is 9.47 Å². The molecule has 0 fully saturated rings. The minimum Gasteiger partial charge on any atom is -0.383 e. The van der Waals surface area contributed by atoms with E-state index in [0.29, 0.717) is 37.8 Å². The van der Waals surface area contributed by atoms with Gasteiger partial charge >= 0.3 is 0 Å². The third-order valence-corrected chi connectivity index (χ3v) is 2.56. The number of ether oxygens (including phenoxy) is 2. The van der Waals surface area contributed by atoms with Crippen molar-refractivity contribution in [2.75, 3.05) is 52.9 Å². The molecule has 0 aliphatic carbocycles. The number of methoxy groups -OCH3 is 2. The third-order valence-electron chi connectivity index (χ3n) is 2.56. The molecular weight excluding hydrogens is 248 g/mol. The molecule has 19 heavy (non-hydrogen) atoms. The second kappa shape index (κ2) is 8.39. The lowest BCUT2D eigenvalue weighted by atomic mass is 10.3. The van der Waals surface area contributed by atoms with E-state index in [1.807, 2.05) is 0 Å². The molecule has 1 aromatic rings. The fraction of sp³-hybridized carbons (Fsp3) is 0.583. The van der Waals surface area contributed by atoms with Crippen molar-refractivity contribution < 1.29 is 14.3 Å². The number of carbonyl (C=O) groups excluding carboxylic acids is 1. The van der Waals surface area contributed by atoms with Crippen molar-refractivity contribution in [3.05, 3.63) is 17.8 Å². The molecule has 1 rings (SSSR count). The topological polar surface area (TPSA) is 76.6 Å². The number of nitrogens with one attached hydrogen (secondary N) is 1. The normalized spacial score (nSPS) is 10.3. The van der Waals surface area contributed by atoms with E-state index in [1.165, 1.54) is 0 Å². The van der Waals surface area contributed by atoms with Crippen molar-refractivity contribution in [1.29, 1.82) is 0 Å². The molecule has 0 unspecified atom stereocenters. The minimum atomic E-state index is -0.177. The van der Waals surface area contributed by atoms with Gasteiger partial charge in [0.25, 0.3) is 5.91 Å². The zero-order valence-electron chi connectivity index (χ0n) is 11.5. The predicted octanol–water partition coefficient (Wildman–Crippen LogP) is 0.253. The summed E-state index contributed by atoms with van der Waals surface area (Å²) in [5.41, 5.74) is 0.311. The van der Waals surface area contributed by atoms with Crippen LogP contribution in [0.15, 0.2) is 12.1 Å². The summed E-state index contributed by atoms with van der Waals surface area (Å²) in [4.78, 5) is 13.9. The van der Waals surface area contributed by atoms with Crippen molar-refractivity contribution >= 4 is 11.7 Å². The van der Waals surface area contributed by atoms with Gasteiger partial charge in [0.1, 0.15) is 5.82 Å². The molecule has 7 nitrogen and oxygen atoms in total. The van der Waals surface area contributed by atoms with Crippen molar-refractivity contribution in [1.82, 2.24) is 15.1 Å². The van der Waals surface area contributed by atoms with Crippen molar-refractivity contribution in [2.45, 2.75) is 0 Å². The molecule has 0 bridgehead atoms. The second-order valence-electron chi connectivity index (χ2n) is 3.83. The average Bonchev–Trinajstić information content (AvgIpc) is 2.47. The van der Waals surface area contributed by atoms with Gasteiger partial charge in [-0.2, -0.15) is 0 Å². The monoisotopic (exact) mass is 268 g/mol. The van der Waals surface area contributed by atoms with E-state index in [0.717, 1.165) is 0 Å². The number of amides is 1. The molecule has 0 radical (unpaired) electrons. The molecule has 0 aromatic carbocycles. The first kappa shape index (κ1) is 15.3. The first-order chi connectivity index (χ1) is 9.22. The third kappa shape index (κ3) is 4.80. The molecule has 106 valence electrons. The molecular formula is C12H20N4O3. The second-order valence-corrected chi connectivity index (χ2v) is 3.83. The first-order valence-corrected chi connectivity index (χ1v) is 6.01. The molecule has 0 aliphatic heterocycles. The molecule has 1 aromatic heterocycles.